The van der Waals surface area contributed by atoms with Crippen LogP contribution in [0.15, 0.2) is 42.0 Å². The number of ketones is 2. The normalized spacial score (nSPS) is 32.3. The van der Waals surface area contributed by atoms with E-state index in [0.29, 0.717) is 37.7 Å². The maximum Gasteiger partial charge on any atom is 0.338 e. The number of hydrogen-bond acceptors (Lipinski definition) is 13. The Kier molecular flexibility index (Phi) is 11.7. The number of rotatable bonds is 15. The summed E-state index contributed by atoms with van der Waals surface area (Å²) in [6.07, 6.45) is 4.64. The smallest absolute Gasteiger partial charge is 0.338 e. The Morgan fingerprint density at radius 1 is 1.07 bits per heavy atom. The van der Waals surface area contributed by atoms with Crippen molar-refractivity contribution in [2.75, 3.05) is 20.3 Å². The fourth-order valence-electron chi connectivity index (χ4n) is 9.68. The van der Waals surface area contributed by atoms with Gasteiger partial charge in [0.15, 0.2) is 35.2 Å². The fraction of sp³-hybridized carbons (Fsp3) is 0.615. The molecule has 0 saturated heterocycles. The summed E-state index contributed by atoms with van der Waals surface area (Å²) in [7, 11) is 1.28. The van der Waals surface area contributed by atoms with Gasteiger partial charge in [0.1, 0.15) is 0 Å². The van der Waals surface area contributed by atoms with Crippen molar-refractivity contribution in [1.29, 1.82) is 0 Å². The number of aliphatic hydroxyl groups is 1. The summed E-state index contributed by atoms with van der Waals surface area (Å²) in [5.74, 6) is -5.12. The first-order valence-corrected chi connectivity index (χ1v) is 18.4. The Labute approximate surface area is 312 Å². The average molecular weight is 758 g/mol. The lowest BCUT2D eigenvalue weighted by Gasteiger charge is -2.62. The number of unbranched alkanes of at least 4 members (excludes halogenated alkanes) is 1. The summed E-state index contributed by atoms with van der Waals surface area (Å²) in [6, 6.07) is 3.83. The molecule has 0 aliphatic heterocycles. The van der Waals surface area contributed by atoms with Gasteiger partial charge in [-0.25, -0.2) is 9.18 Å². The summed E-state index contributed by atoms with van der Waals surface area (Å²) >= 11 is 0. The SMILES string of the molecule is CCCCC(=O)O[C@]1(C(=O)COC(=O)c2ccc(OC(=O)CCCO[N+](=O)[O-])c(OC)c2)[C@@H](C)CC2C3CCC4=CC(=O)C=C[C@]4(C)[C@@]3(F)[C@@H](O)C[C@@]21C. The lowest BCUT2D eigenvalue weighted by Crippen LogP contribution is -2.70. The van der Waals surface area contributed by atoms with Gasteiger partial charge in [0, 0.05) is 35.5 Å². The Morgan fingerprint density at radius 3 is 2.48 bits per heavy atom. The zero-order chi connectivity index (χ0) is 39.6. The van der Waals surface area contributed by atoms with E-state index in [-0.39, 0.29) is 55.1 Å². The maximum atomic E-state index is 17.8. The number of methoxy groups -OCH3 is 1. The molecule has 1 aromatic carbocycles. The van der Waals surface area contributed by atoms with Crippen LogP contribution in [0, 0.1) is 38.7 Å². The molecule has 8 atom stereocenters. The topological polar surface area (TPSA) is 195 Å². The first kappa shape index (κ1) is 40.5. The quantitative estimate of drug-likeness (QED) is 0.0786. The van der Waals surface area contributed by atoms with Crippen LogP contribution in [-0.2, 0) is 33.5 Å². The van der Waals surface area contributed by atoms with Crippen molar-refractivity contribution >= 4 is 29.5 Å². The van der Waals surface area contributed by atoms with Crippen LogP contribution >= 0.6 is 0 Å². The monoisotopic (exact) mass is 757 g/mol. The molecule has 2 unspecified atom stereocenters. The minimum atomic E-state index is -2.17. The van der Waals surface area contributed by atoms with E-state index in [2.05, 4.69) is 4.84 Å². The maximum absolute atomic E-state index is 17.8. The van der Waals surface area contributed by atoms with Gasteiger partial charge in [-0.05, 0) is 81.7 Å². The number of Topliss-reactive ketones (excluding diaryl/α,β-unsaturated/α-hetero) is 1. The molecule has 3 fully saturated rings. The van der Waals surface area contributed by atoms with Crippen LogP contribution in [0.5, 0.6) is 11.5 Å². The Hall–Kier alpha value is -4.66. The van der Waals surface area contributed by atoms with Gasteiger partial charge >= 0.3 is 17.9 Å². The molecule has 0 radical (unpaired) electrons. The van der Waals surface area contributed by atoms with Crippen molar-refractivity contribution in [2.45, 2.75) is 103 Å². The number of halogens is 1. The molecule has 1 N–H and O–H groups in total. The van der Waals surface area contributed by atoms with E-state index in [1.54, 1.807) is 26.8 Å². The van der Waals surface area contributed by atoms with Gasteiger partial charge in [-0.1, -0.05) is 38.8 Å². The van der Waals surface area contributed by atoms with Gasteiger partial charge in [-0.15, -0.1) is 10.1 Å². The standard InChI is InChI=1S/C39H48FNO13/c1-6-7-9-34(46)54-39(32(44)22-51-35(47)24-11-14-29(30(19-24)50-5)53-33(45)10-8-17-52-41(48)49)23(2)18-28-27-13-12-25-20-26(42)15-16-36(25,3)38(27,40)31(43)21-37(28,39)4/h11,14-16,19-20,23,27-28,31,43H,6-10,12-13,17-18,21-22H2,1-5H3/t23-,27?,28?,31-,36-,37-,38-,39-/m0/s1. The molecular weight excluding hydrogens is 709 g/mol. The Morgan fingerprint density at radius 2 is 1.80 bits per heavy atom. The molecule has 14 nitrogen and oxygen atoms in total. The number of carbonyl (C=O) groups excluding carboxylic acids is 5. The molecule has 0 heterocycles. The van der Waals surface area contributed by atoms with Crippen LogP contribution in [0.1, 0.15) is 95.8 Å². The third-order valence-electron chi connectivity index (χ3n) is 12.3. The predicted octanol–water partition coefficient (Wildman–Crippen LogP) is 5.40. The van der Waals surface area contributed by atoms with Crippen LogP contribution in [0.3, 0.4) is 0 Å². The first-order chi connectivity index (χ1) is 25.5. The highest BCUT2D eigenvalue weighted by molar-refractivity contribution is 6.01. The van der Waals surface area contributed by atoms with Crippen LogP contribution in [0.2, 0.25) is 0 Å². The molecular formula is C39H48FNO13. The van der Waals surface area contributed by atoms with Crippen molar-refractivity contribution in [3.63, 3.8) is 0 Å². The second kappa shape index (κ2) is 15.6. The van der Waals surface area contributed by atoms with E-state index in [1.807, 2.05) is 6.92 Å². The molecule has 0 aromatic heterocycles. The zero-order valence-corrected chi connectivity index (χ0v) is 31.2. The third kappa shape index (κ3) is 6.90. The number of esters is 3. The van der Waals surface area contributed by atoms with Gasteiger partial charge in [0.2, 0.25) is 5.78 Å². The zero-order valence-electron chi connectivity index (χ0n) is 31.2. The van der Waals surface area contributed by atoms with E-state index in [0.717, 1.165) is 0 Å². The lowest BCUT2D eigenvalue weighted by molar-refractivity contribution is -0.757. The van der Waals surface area contributed by atoms with Crippen molar-refractivity contribution in [3.8, 4) is 11.5 Å². The average Bonchev–Trinajstić information content (AvgIpc) is 3.34. The number of fused-ring (bicyclic) bond motifs is 5. The minimum absolute atomic E-state index is 0.00554. The number of ether oxygens (including phenoxy) is 4. The minimum Gasteiger partial charge on any atom is -0.493 e. The summed E-state index contributed by atoms with van der Waals surface area (Å²) in [6.45, 7) is 6.03. The number of allylic oxidation sites excluding steroid dienone is 4. The lowest BCUT2D eigenvalue weighted by atomic mass is 9.44. The highest BCUT2D eigenvalue weighted by Crippen LogP contribution is 2.71. The van der Waals surface area contributed by atoms with E-state index in [1.165, 1.54) is 37.5 Å². The van der Waals surface area contributed by atoms with Crippen molar-refractivity contribution in [1.82, 2.24) is 0 Å². The molecule has 0 amide bonds. The molecule has 15 heteroatoms. The van der Waals surface area contributed by atoms with E-state index in [9.17, 15) is 39.2 Å². The molecule has 0 bridgehead atoms. The molecule has 54 heavy (non-hydrogen) atoms. The Bertz CT molecular complexity index is 1760. The molecule has 1 aromatic rings. The highest BCUT2D eigenvalue weighted by atomic mass is 19.1. The molecule has 0 spiro atoms. The summed E-state index contributed by atoms with van der Waals surface area (Å²) in [5.41, 5.74) is -5.95. The Balaban J connectivity index is 1.38. The number of nitrogens with zero attached hydrogens (tertiary/aromatic N) is 1. The molecule has 4 aliphatic rings. The number of benzene rings is 1. The number of hydrogen-bond donors (Lipinski definition) is 1. The second-order valence-electron chi connectivity index (χ2n) is 15.2. The second-order valence-corrected chi connectivity index (χ2v) is 15.2. The van der Waals surface area contributed by atoms with Crippen LogP contribution in [0.25, 0.3) is 0 Å². The van der Waals surface area contributed by atoms with Gasteiger partial charge in [0.25, 0.3) is 5.09 Å². The van der Waals surface area contributed by atoms with Crippen LogP contribution in [-0.4, -0.2) is 77.4 Å². The van der Waals surface area contributed by atoms with E-state index < -0.39 is 81.3 Å². The number of carbonyl (C=O) groups is 5. The molecule has 294 valence electrons. The van der Waals surface area contributed by atoms with Crippen molar-refractivity contribution < 1.29 is 62.3 Å². The fourth-order valence-corrected chi connectivity index (χ4v) is 9.68. The summed E-state index contributed by atoms with van der Waals surface area (Å²) in [5, 5.41) is 21.2. The predicted molar refractivity (Wildman–Crippen MR) is 187 cm³/mol. The molecule has 4 aliphatic carbocycles. The summed E-state index contributed by atoms with van der Waals surface area (Å²) < 4.78 is 40.1. The molecule has 3 saturated carbocycles. The van der Waals surface area contributed by atoms with E-state index >= 15 is 4.39 Å². The largest absolute Gasteiger partial charge is 0.493 e. The van der Waals surface area contributed by atoms with Crippen molar-refractivity contribution in [2.24, 2.45) is 28.6 Å². The van der Waals surface area contributed by atoms with Crippen molar-refractivity contribution in [3.05, 3.63) is 57.7 Å². The van der Waals surface area contributed by atoms with Gasteiger partial charge in [-0.2, -0.15) is 0 Å². The van der Waals surface area contributed by atoms with Gasteiger partial charge in [0.05, 0.1) is 25.4 Å². The summed E-state index contributed by atoms with van der Waals surface area (Å²) in [4.78, 5) is 80.3. The van der Waals surface area contributed by atoms with E-state index in [4.69, 9.17) is 18.9 Å². The van der Waals surface area contributed by atoms with Gasteiger partial charge in [-0.3, -0.25) is 19.2 Å². The third-order valence-corrected chi connectivity index (χ3v) is 12.3. The number of alkyl halides is 1. The van der Waals surface area contributed by atoms with Crippen LogP contribution in [0.4, 0.5) is 4.39 Å². The highest BCUT2D eigenvalue weighted by Gasteiger charge is 2.77. The number of aliphatic hydroxyl groups excluding tert-OH is 1. The van der Waals surface area contributed by atoms with Gasteiger partial charge < -0.3 is 28.9 Å². The molecule has 5 rings (SSSR count). The van der Waals surface area contributed by atoms with Crippen LogP contribution < -0.4 is 9.47 Å². The first-order valence-electron chi connectivity index (χ1n) is 18.4.